The Labute approximate surface area is 112 Å². The van der Waals surface area contributed by atoms with Crippen LogP contribution >= 0.6 is 0 Å². The SMILES string of the molecule is CC(N)c1cccc(NS(=O)(=O)c2cccnc2)c1. The van der Waals surface area contributed by atoms with E-state index in [1.807, 2.05) is 13.0 Å². The van der Waals surface area contributed by atoms with Gasteiger partial charge < -0.3 is 5.73 Å². The summed E-state index contributed by atoms with van der Waals surface area (Å²) in [5.41, 5.74) is 7.12. The number of pyridine rings is 1. The van der Waals surface area contributed by atoms with Crippen molar-refractivity contribution in [2.75, 3.05) is 4.72 Å². The molecule has 6 heteroatoms. The molecule has 1 aromatic carbocycles. The molecule has 1 unspecified atom stereocenters. The molecule has 0 aliphatic heterocycles. The van der Waals surface area contributed by atoms with E-state index in [-0.39, 0.29) is 10.9 Å². The Kier molecular flexibility index (Phi) is 3.82. The summed E-state index contributed by atoms with van der Waals surface area (Å²) < 4.78 is 26.7. The fourth-order valence-electron chi connectivity index (χ4n) is 1.61. The smallest absolute Gasteiger partial charge is 0.263 e. The van der Waals surface area contributed by atoms with Crippen LogP contribution in [0.3, 0.4) is 0 Å². The van der Waals surface area contributed by atoms with Gasteiger partial charge in [-0.1, -0.05) is 12.1 Å². The van der Waals surface area contributed by atoms with E-state index in [2.05, 4.69) is 9.71 Å². The molecular formula is C13H15N3O2S. The molecule has 1 heterocycles. The van der Waals surface area contributed by atoms with Crippen molar-refractivity contribution in [3.63, 3.8) is 0 Å². The van der Waals surface area contributed by atoms with E-state index in [1.54, 1.807) is 24.3 Å². The second-order valence-electron chi connectivity index (χ2n) is 4.21. The summed E-state index contributed by atoms with van der Waals surface area (Å²) in [5, 5.41) is 0. The molecule has 2 aromatic rings. The maximum absolute atomic E-state index is 12.1. The number of benzene rings is 1. The molecule has 1 atom stereocenters. The molecule has 5 nitrogen and oxygen atoms in total. The highest BCUT2D eigenvalue weighted by molar-refractivity contribution is 7.92. The number of anilines is 1. The molecule has 0 amide bonds. The van der Waals surface area contributed by atoms with E-state index in [1.165, 1.54) is 18.5 Å². The lowest BCUT2D eigenvalue weighted by atomic mass is 10.1. The molecule has 19 heavy (non-hydrogen) atoms. The highest BCUT2D eigenvalue weighted by Gasteiger charge is 2.14. The standard InChI is InChI=1S/C13H15N3O2S/c1-10(14)11-4-2-5-12(8-11)16-19(17,18)13-6-3-7-15-9-13/h2-10,16H,14H2,1H3. The van der Waals surface area contributed by atoms with Gasteiger partial charge in [0.2, 0.25) is 0 Å². The Balaban J connectivity index is 2.29. The summed E-state index contributed by atoms with van der Waals surface area (Å²) in [5.74, 6) is 0. The van der Waals surface area contributed by atoms with Crippen molar-refractivity contribution in [3.8, 4) is 0 Å². The average Bonchev–Trinajstić information content (AvgIpc) is 2.39. The van der Waals surface area contributed by atoms with E-state index >= 15 is 0 Å². The highest BCUT2D eigenvalue weighted by atomic mass is 32.2. The van der Waals surface area contributed by atoms with Crippen molar-refractivity contribution in [1.29, 1.82) is 0 Å². The van der Waals surface area contributed by atoms with Crippen LogP contribution in [0.2, 0.25) is 0 Å². The van der Waals surface area contributed by atoms with E-state index in [4.69, 9.17) is 5.73 Å². The van der Waals surface area contributed by atoms with Crippen molar-refractivity contribution in [1.82, 2.24) is 4.98 Å². The molecule has 0 saturated carbocycles. The van der Waals surface area contributed by atoms with Crippen LogP contribution in [-0.2, 0) is 10.0 Å². The third-order valence-electron chi connectivity index (χ3n) is 2.61. The van der Waals surface area contributed by atoms with Gasteiger partial charge in [0.05, 0.1) is 0 Å². The van der Waals surface area contributed by atoms with E-state index in [9.17, 15) is 8.42 Å². The van der Waals surface area contributed by atoms with Gasteiger partial charge in [0.25, 0.3) is 10.0 Å². The molecule has 0 fully saturated rings. The molecule has 0 radical (unpaired) electrons. The fourth-order valence-corrected chi connectivity index (χ4v) is 2.62. The zero-order chi connectivity index (χ0) is 13.9. The minimum Gasteiger partial charge on any atom is -0.324 e. The largest absolute Gasteiger partial charge is 0.324 e. The molecule has 3 N–H and O–H groups in total. The first-order valence-electron chi connectivity index (χ1n) is 5.77. The van der Waals surface area contributed by atoms with Gasteiger partial charge in [-0.15, -0.1) is 0 Å². The molecule has 0 aliphatic carbocycles. The Bertz CT molecular complexity index is 655. The number of aromatic nitrogens is 1. The van der Waals surface area contributed by atoms with Crippen molar-refractivity contribution in [3.05, 3.63) is 54.4 Å². The van der Waals surface area contributed by atoms with Crippen LogP contribution < -0.4 is 10.5 Å². The van der Waals surface area contributed by atoms with Crippen LogP contribution in [0, 0.1) is 0 Å². The van der Waals surface area contributed by atoms with Crippen molar-refractivity contribution in [2.24, 2.45) is 5.73 Å². The van der Waals surface area contributed by atoms with Crippen molar-refractivity contribution in [2.45, 2.75) is 17.9 Å². The van der Waals surface area contributed by atoms with Crippen LogP contribution in [0.25, 0.3) is 0 Å². The molecule has 0 aliphatic rings. The summed E-state index contributed by atoms with van der Waals surface area (Å²) in [6.07, 6.45) is 2.83. The predicted molar refractivity (Wildman–Crippen MR) is 74.1 cm³/mol. The minimum absolute atomic E-state index is 0.126. The molecule has 100 valence electrons. The van der Waals surface area contributed by atoms with Gasteiger partial charge in [0.1, 0.15) is 4.90 Å². The second-order valence-corrected chi connectivity index (χ2v) is 5.89. The topological polar surface area (TPSA) is 85.1 Å². The third-order valence-corrected chi connectivity index (χ3v) is 3.98. The van der Waals surface area contributed by atoms with Gasteiger partial charge in [-0.2, -0.15) is 0 Å². The monoisotopic (exact) mass is 277 g/mol. The Morgan fingerprint density at radius 3 is 2.68 bits per heavy atom. The summed E-state index contributed by atoms with van der Waals surface area (Å²) in [6, 6.07) is 9.94. The summed E-state index contributed by atoms with van der Waals surface area (Å²) in [7, 11) is -3.61. The maximum atomic E-state index is 12.1. The number of rotatable bonds is 4. The van der Waals surface area contributed by atoms with E-state index in [0.29, 0.717) is 5.69 Å². The quantitative estimate of drug-likeness (QED) is 0.893. The second kappa shape index (κ2) is 5.38. The Morgan fingerprint density at radius 1 is 1.26 bits per heavy atom. The number of hydrogen-bond acceptors (Lipinski definition) is 4. The van der Waals surface area contributed by atoms with E-state index in [0.717, 1.165) is 5.56 Å². The number of nitrogens with zero attached hydrogens (tertiary/aromatic N) is 1. The third kappa shape index (κ3) is 3.30. The lowest BCUT2D eigenvalue weighted by molar-refractivity contribution is 0.601. The molecule has 0 bridgehead atoms. The van der Waals surface area contributed by atoms with Crippen LogP contribution in [0.4, 0.5) is 5.69 Å². The molecule has 0 spiro atoms. The van der Waals surface area contributed by atoms with Crippen molar-refractivity contribution < 1.29 is 8.42 Å². The minimum atomic E-state index is -3.61. The van der Waals surface area contributed by atoms with Gasteiger partial charge in [-0.25, -0.2) is 8.42 Å². The average molecular weight is 277 g/mol. The Hall–Kier alpha value is -1.92. The summed E-state index contributed by atoms with van der Waals surface area (Å²) in [4.78, 5) is 3.93. The first kappa shape index (κ1) is 13.5. The van der Waals surface area contributed by atoms with E-state index < -0.39 is 10.0 Å². The number of nitrogens with two attached hydrogens (primary N) is 1. The fraction of sp³-hybridized carbons (Fsp3) is 0.154. The normalized spacial score (nSPS) is 12.9. The Morgan fingerprint density at radius 2 is 2.05 bits per heavy atom. The lowest BCUT2D eigenvalue weighted by Gasteiger charge is -2.10. The zero-order valence-corrected chi connectivity index (χ0v) is 11.3. The number of hydrogen-bond donors (Lipinski definition) is 2. The molecule has 0 saturated heterocycles. The van der Waals surface area contributed by atoms with Crippen LogP contribution in [-0.4, -0.2) is 13.4 Å². The van der Waals surface area contributed by atoms with Gasteiger partial charge in [-0.3, -0.25) is 9.71 Å². The van der Waals surface area contributed by atoms with Gasteiger partial charge >= 0.3 is 0 Å². The zero-order valence-electron chi connectivity index (χ0n) is 10.4. The summed E-state index contributed by atoms with van der Waals surface area (Å²) >= 11 is 0. The molecule has 1 aromatic heterocycles. The van der Waals surface area contributed by atoms with Gasteiger partial charge in [0, 0.05) is 24.1 Å². The molecule has 2 rings (SSSR count). The first-order chi connectivity index (χ1) is 8.99. The predicted octanol–water partition coefficient (Wildman–Crippen LogP) is 1.90. The van der Waals surface area contributed by atoms with Crippen LogP contribution in [0.15, 0.2) is 53.7 Å². The lowest BCUT2D eigenvalue weighted by Crippen LogP contribution is -2.13. The van der Waals surface area contributed by atoms with Gasteiger partial charge in [0.15, 0.2) is 0 Å². The highest BCUT2D eigenvalue weighted by Crippen LogP contribution is 2.19. The maximum Gasteiger partial charge on any atom is 0.263 e. The summed E-state index contributed by atoms with van der Waals surface area (Å²) in [6.45, 7) is 1.84. The number of sulfonamides is 1. The van der Waals surface area contributed by atoms with Crippen LogP contribution in [0.1, 0.15) is 18.5 Å². The van der Waals surface area contributed by atoms with Gasteiger partial charge in [-0.05, 0) is 36.8 Å². The molecular weight excluding hydrogens is 262 g/mol. The first-order valence-corrected chi connectivity index (χ1v) is 7.26. The van der Waals surface area contributed by atoms with Crippen LogP contribution in [0.5, 0.6) is 0 Å². The van der Waals surface area contributed by atoms with Crippen molar-refractivity contribution >= 4 is 15.7 Å². The number of nitrogens with one attached hydrogen (secondary N) is 1.